The smallest absolute Gasteiger partial charge is 0.119 e. The molecule has 0 aromatic rings. The first kappa shape index (κ1) is 18.1. The molecular weight excluding hydrogens is 232 g/mol. The first-order valence-electron chi connectivity index (χ1n) is 8.15. The molecule has 0 spiro atoms. The van der Waals surface area contributed by atoms with Crippen LogP contribution in [0.4, 0.5) is 0 Å². The standard InChI is InChI=1S/C18H32O/c1-2-3-4-5-6-7-8-9-10-11-12-13-14-15-16-17-18-19/h4-5,7-8,18H,2-3,6,9-17H2,1H3/b5-4+,8-7+. The number of unbranched alkanes of at least 4 members (excludes halogenated alkanes) is 9. The van der Waals surface area contributed by atoms with Crippen molar-refractivity contribution in [3.05, 3.63) is 24.3 Å². The Morgan fingerprint density at radius 2 is 1.16 bits per heavy atom. The van der Waals surface area contributed by atoms with Crippen molar-refractivity contribution in [3.63, 3.8) is 0 Å². The van der Waals surface area contributed by atoms with Gasteiger partial charge in [-0.2, -0.15) is 0 Å². The molecule has 19 heavy (non-hydrogen) atoms. The molecule has 0 aliphatic heterocycles. The van der Waals surface area contributed by atoms with Crippen LogP contribution in [0.3, 0.4) is 0 Å². The van der Waals surface area contributed by atoms with Crippen molar-refractivity contribution >= 4 is 6.29 Å². The fourth-order valence-corrected chi connectivity index (χ4v) is 2.05. The lowest BCUT2D eigenvalue weighted by Gasteiger charge is -1.99. The first-order valence-corrected chi connectivity index (χ1v) is 8.15. The Bertz CT molecular complexity index is 228. The van der Waals surface area contributed by atoms with Crippen LogP contribution in [0.5, 0.6) is 0 Å². The predicted octanol–water partition coefficient (Wildman–Crippen LogP) is 6.00. The van der Waals surface area contributed by atoms with Crippen LogP contribution >= 0.6 is 0 Å². The topological polar surface area (TPSA) is 17.1 Å². The maximum atomic E-state index is 10.1. The molecule has 0 aliphatic rings. The van der Waals surface area contributed by atoms with E-state index in [4.69, 9.17) is 0 Å². The van der Waals surface area contributed by atoms with Crippen molar-refractivity contribution in [1.82, 2.24) is 0 Å². The predicted molar refractivity (Wildman–Crippen MR) is 85.4 cm³/mol. The second-order valence-electron chi connectivity index (χ2n) is 5.19. The van der Waals surface area contributed by atoms with Gasteiger partial charge in [0.2, 0.25) is 0 Å². The van der Waals surface area contributed by atoms with Crippen LogP contribution in [0.15, 0.2) is 24.3 Å². The van der Waals surface area contributed by atoms with Crippen LogP contribution in [-0.2, 0) is 4.79 Å². The molecule has 1 heteroatoms. The highest BCUT2D eigenvalue weighted by atomic mass is 16.1. The van der Waals surface area contributed by atoms with Crippen molar-refractivity contribution < 1.29 is 4.79 Å². The van der Waals surface area contributed by atoms with Gasteiger partial charge in [0, 0.05) is 6.42 Å². The van der Waals surface area contributed by atoms with Gasteiger partial charge in [-0.25, -0.2) is 0 Å². The van der Waals surface area contributed by atoms with E-state index < -0.39 is 0 Å². The zero-order valence-corrected chi connectivity index (χ0v) is 12.8. The van der Waals surface area contributed by atoms with E-state index in [1.54, 1.807) is 0 Å². The Morgan fingerprint density at radius 3 is 1.74 bits per heavy atom. The van der Waals surface area contributed by atoms with Gasteiger partial charge in [-0.1, -0.05) is 69.8 Å². The summed E-state index contributed by atoms with van der Waals surface area (Å²) in [6, 6.07) is 0. The summed E-state index contributed by atoms with van der Waals surface area (Å²) in [7, 11) is 0. The average Bonchev–Trinajstić information content (AvgIpc) is 2.43. The van der Waals surface area contributed by atoms with E-state index in [1.807, 2.05) is 0 Å². The molecule has 0 saturated carbocycles. The summed E-state index contributed by atoms with van der Waals surface area (Å²) in [5.41, 5.74) is 0. The number of carbonyl (C=O) groups is 1. The van der Waals surface area contributed by atoms with E-state index >= 15 is 0 Å². The Balaban J connectivity index is 3.09. The van der Waals surface area contributed by atoms with Gasteiger partial charge in [-0.05, 0) is 32.1 Å². The number of aldehydes is 1. The third-order valence-corrected chi connectivity index (χ3v) is 3.25. The molecule has 0 radical (unpaired) electrons. The normalized spacial score (nSPS) is 11.6. The highest BCUT2D eigenvalue weighted by Gasteiger charge is 1.91. The fourth-order valence-electron chi connectivity index (χ4n) is 2.05. The summed E-state index contributed by atoms with van der Waals surface area (Å²) >= 11 is 0. The quantitative estimate of drug-likeness (QED) is 0.214. The summed E-state index contributed by atoms with van der Waals surface area (Å²) in [4.78, 5) is 10.1. The van der Waals surface area contributed by atoms with Gasteiger partial charge in [-0.3, -0.25) is 0 Å². The molecule has 0 fully saturated rings. The van der Waals surface area contributed by atoms with Crippen molar-refractivity contribution in [1.29, 1.82) is 0 Å². The van der Waals surface area contributed by atoms with Crippen LogP contribution in [0, 0.1) is 0 Å². The van der Waals surface area contributed by atoms with E-state index in [-0.39, 0.29) is 0 Å². The van der Waals surface area contributed by atoms with Gasteiger partial charge in [0.25, 0.3) is 0 Å². The summed E-state index contributed by atoms with van der Waals surface area (Å²) in [6.07, 6.45) is 24.7. The average molecular weight is 264 g/mol. The molecule has 0 aromatic carbocycles. The molecule has 0 N–H and O–H groups in total. The minimum Gasteiger partial charge on any atom is -0.303 e. The third-order valence-electron chi connectivity index (χ3n) is 3.25. The SMILES string of the molecule is CCC/C=C/C/C=C/CCCCCCCCCC=O. The zero-order chi connectivity index (χ0) is 14.0. The lowest BCUT2D eigenvalue weighted by Crippen LogP contribution is -1.81. The molecule has 0 amide bonds. The van der Waals surface area contributed by atoms with Crippen LogP contribution < -0.4 is 0 Å². The maximum Gasteiger partial charge on any atom is 0.119 e. The van der Waals surface area contributed by atoms with E-state index in [2.05, 4.69) is 31.2 Å². The highest BCUT2D eigenvalue weighted by Crippen LogP contribution is 2.09. The Hall–Kier alpha value is -0.850. The largest absolute Gasteiger partial charge is 0.303 e. The number of hydrogen-bond donors (Lipinski definition) is 0. The number of hydrogen-bond acceptors (Lipinski definition) is 1. The van der Waals surface area contributed by atoms with Gasteiger partial charge >= 0.3 is 0 Å². The molecule has 110 valence electrons. The van der Waals surface area contributed by atoms with Gasteiger partial charge in [0.15, 0.2) is 0 Å². The Kier molecular flexibility index (Phi) is 16.4. The molecular formula is C18H32O. The Labute approximate surface area is 120 Å². The minimum absolute atomic E-state index is 0.748. The van der Waals surface area contributed by atoms with E-state index in [0.29, 0.717) is 0 Å². The van der Waals surface area contributed by atoms with Gasteiger partial charge in [0.1, 0.15) is 6.29 Å². The second kappa shape index (κ2) is 17.2. The summed E-state index contributed by atoms with van der Waals surface area (Å²) < 4.78 is 0. The molecule has 0 unspecified atom stereocenters. The number of rotatable bonds is 14. The number of carbonyl (C=O) groups excluding carboxylic acids is 1. The van der Waals surface area contributed by atoms with E-state index in [9.17, 15) is 4.79 Å². The molecule has 0 heterocycles. The molecule has 1 nitrogen and oxygen atoms in total. The molecule has 0 aliphatic carbocycles. The molecule has 0 aromatic heterocycles. The molecule has 0 saturated heterocycles. The van der Waals surface area contributed by atoms with Crippen molar-refractivity contribution in [2.24, 2.45) is 0 Å². The summed E-state index contributed by atoms with van der Waals surface area (Å²) in [6.45, 7) is 2.21. The lowest BCUT2D eigenvalue weighted by atomic mass is 10.1. The Morgan fingerprint density at radius 1 is 0.632 bits per heavy atom. The van der Waals surface area contributed by atoms with Crippen LogP contribution in [0.25, 0.3) is 0 Å². The van der Waals surface area contributed by atoms with Crippen molar-refractivity contribution in [2.45, 2.75) is 84.0 Å². The summed E-state index contributed by atoms with van der Waals surface area (Å²) in [5.74, 6) is 0. The first-order chi connectivity index (χ1) is 9.41. The minimum atomic E-state index is 0.748. The second-order valence-corrected chi connectivity index (χ2v) is 5.19. The van der Waals surface area contributed by atoms with Gasteiger partial charge in [-0.15, -0.1) is 0 Å². The summed E-state index contributed by atoms with van der Waals surface area (Å²) in [5, 5.41) is 0. The zero-order valence-electron chi connectivity index (χ0n) is 12.8. The highest BCUT2D eigenvalue weighted by molar-refractivity contribution is 5.48. The third kappa shape index (κ3) is 17.1. The molecule has 0 atom stereocenters. The van der Waals surface area contributed by atoms with Crippen molar-refractivity contribution in [3.8, 4) is 0 Å². The monoisotopic (exact) mass is 264 g/mol. The van der Waals surface area contributed by atoms with Crippen LogP contribution in [0.2, 0.25) is 0 Å². The van der Waals surface area contributed by atoms with E-state index in [0.717, 1.165) is 25.5 Å². The van der Waals surface area contributed by atoms with E-state index in [1.165, 1.54) is 57.8 Å². The van der Waals surface area contributed by atoms with Crippen LogP contribution in [-0.4, -0.2) is 6.29 Å². The number of allylic oxidation sites excluding steroid dienone is 4. The fraction of sp³-hybridized carbons (Fsp3) is 0.722. The molecule has 0 bridgehead atoms. The van der Waals surface area contributed by atoms with Gasteiger partial charge in [0.05, 0.1) is 0 Å². The van der Waals surface area contributed by atoms with Crippen molar-refractivity contribution in [2.75, 3.05) is 0 Å². The van der Waals surface area contributed by atoms with Gasteiger partial charge < -0.3 is 4.79 Å². The molecule has 0 rings (SSSR count). The lowest BCUT2D eigenvalue weighted by molar-refractivity contribution is -0.107. The maximum absolute atomic E-state index is 10.1. The van der Waals surface area contributed by atoms with Crippen LogP contribution in [0.1, 0.15) is 84.0 Å².